The van der Waals surface area contributed by atoms with Crippen LogP contribution in [0.3, 0.4) is 0 Å². The molecule has 0 heteroatoms. The number of fused-ring (bicyclic) bond motifs is 1. The summed E-state index contributed by atoms with van der Waals surface area (Å²) in [7, 11) is 0. The first-order valence-corrected chi connectivity index (χ1v) is 5.88. The maximum absolute atomic E-state index is 2.42. The van der Waals surface area contributed by atoms with Gasteiger partial charge in [0.2, 0.25) is 0 Å². The molecule has 0 heterocycles. The summed E-state index contributed by atoms with van der Waals surface area (Å²) < 4.78 is 0. The molecule has 4 rings (SSSR count). The fraction of sp³-hybridized carbons (Fsp3) is 1.00. The first kappa shape index (κ1) is 7.41. The van der Waals surface area contributed by atoms with Gasteiger partial charge in [0, 0.05) is 0 Å². The molecule has 0 aliphatic heterocycles. The minimum atomic E-state index is 1.14. The standard InChI is InChI=1S/C12H20/c1-2-11(9-3-4-9)12-7-8-5-10(12)6-8/h8-12H,2-7H2,1H3. The van der Waals surface area contributed by atoms with Gasteiger partial charge in [0.05, 0.1) is 0 Å². The Balaban J connectivity index is 1.69. The van der Waals surface area contributed by atoms with Crippen LogP contribution in [0.1, 0.15) is 45.4 Å². The fourth-order valence-corrected chi connectivity index (χ4v) is 3.94. The Morgan fingerprint density at radius 1 is 1.17 bits per heavy atom. The highest BCUT2D eigenvalue weighted by atomic mass is 14.5. The van der Waals surface area contributed by atoms with Crippen LogP contribution in [0.5, 0.6) is 0 Å². The SMILES string of the molecule is CCC(C1CC1)C1CC2CC1C2. The minimum Gasteiger partial charge on any atom is -0.0651 e. The van der Waals surface area contributed by atoms with E-state index in [0.717, 1.165) is 5.92 Å². The third kappa shape index (κ3) is 0.963. The topological polar surface area (TPSA) is 0 Å². The van der Waals surface area contributed by atoms with Crippen molar-refractivity contribution in [2.24, 2.45) is 29.6 Å². The van der Waals surface area contributed by atoms with Crippen molar-refractivity contribution in [3.63, 3.8) is 0 Å². The van der Waals surface area contributed by atoms with Crippen molar-refractivity contribution in [2.45, 2.75) is 45.4 Å². The summed E-state index contributed by atoms with van der Waals surface area (Å²) in [5.74, 6) is 5.84. The zero-order valence-electron chi connectivity index (χ0n) is 8.13. The summed E-state index contributed by atoms with van der Waals surface area (Å²) in [5, 5.41) is 0. The van der Waals surface area contributed by atoms with Crippen molar-refractivity contribution in [3.8, 4) is 0 Å². The highest BCUT2D eigenvalue weighted by Crippen LogP contribution is 2.59. The molecule has 2 unspecified atom stereocenters. The van der Waals surface area contributed by atoms with Crippen molar-refractivity contribution in [1.82, 2.24) is 0 Å². The van der Waals surface area contributed by atoms with E-state index in [1.54, 1.807) is 32.1 Å². The summed E-state index contributed by atoms with van der Waals surface area (Å²) in [5.41, 5.74) is 0. The Labute approximate surface area is 75.7 Å². The van der Waals surface area contributed by atoms with E-state index in [2.05, 4.69) is 6.92 Å². The molecule has 4 aliphatic carbocycles. The van der Waals surface area contributed by atoms with E-state index in [1.165, 1.54) is 30.1 Å². The Bertz CT molecular complexity index is 174. The molecule has 0 aromatic carbocycles. The van der Waals surface area contributed by atoms with Crippen LogP contribution in [0.4, 0.5) is 0 Å². The smallest absolute Gasteiger partial charge is 0.0352 e. The predicted molar refractivity (Wildman–Crippen MR) is 50.8 cm³/mol. The number of hydrogen-bond donors (Lipinski definition) is 0. The highest BCUT2D eigenvalue weighted by Gasteiger charge is 2.49. The first-order chi connectivity index (χ1) is 5.88. The van der Waals surface area contributed by atoms with Gasteiger partial charge in [0.15, 0.2) is 0 Å². The second-order valence-electron chi connectivity index (χ2n) is 5.41. The molecule has 0 aromatic rings. The molecule has 12 heavy (non-hydrogen) atoms. The summed E-state index contributed by atoms with van der Waals surface area (Å²) in [6.45, 7) is 2.42. The van der Waals surface area contributed by atoms with Gasteiger partial charge in [-0.3, -0.25) is 0 Å². The highest BCUT2D eigenvalue weighted by molar-refractivity contribution is 4.99. The Kier molecular flexibility index (Phi) is 1.54. The van der Waals surface area contributed by atoms with E-state index in [-0.39, 0.29) is 0 Å². The molecule has 4 saturated carbocycles. The van der Waals surface area contributed by atoms with Crippen LogP contribution in [-0.2, 0) is 0 Å². The summed E-state index contributed by atoms with van der Waals surface area (Å²) in [6.07, 6.45) is 9.42. The van der Waals surface area contributed by atoms with E-state index >= 15 is 0 Å². The molecule has 4 aliphatic rings. The lowest BCUT2D eigenvalue weighted by atomic mass is 9.77. The van der Waals surface area contributed by atoms with Gasteiger partial charge in [-0.1, -0.05) is 13.3 Å². The molecular formula is C12H20. The molecule has 0 amide bonds. The molecule has 0 aromatic heterocycles. The Morgan fingerprint density at radius 2 is 1.92 bits per heavy atom. The van der Waals surface area contributed by atoms with Crippen LogP contribution in [0.15, 0.2) is 0 Å². The van der Waals surface area contributed by atoms with E-state index in [1.807, 2.05) is 0 Å². The quantitative estimate of drug-likeness (QED) is 0.599. The predicted octanol–water partition coefficient (Wildman–Crippen LogP) is 3.47. The zero-order chi connectivity index (χ0) is 8.13. The van der Waals surface area contributed by atoms with Gasteiger partial charge in [-0.15, -0.1) is 0 Å². The largest absolute Gasteiger partial charge is 0.0651 e. The van der Waals surface area contributed by atoms with Crippen molar-refractivity contribution in [3.05, 3.63) is 0 Å². The van der Waals surface area contributed by atoms with Crippen LogP contribution in [0.25, 0.3) is 0 Å². The molecule has 4 fully saturated rings. The molecule has 0 radical (unpaired) electrons. The molecule has 0 saturated heterocycles. The third-order valence-electron chi connectivity index (χ3n) is 4.73. The van der Waals surface area contributed by atoms with Gasteiger partial charge >= 0.3 is 0 Å². The molecule has 2 bridgehead atoms. The van der Waals surface area contributed by atoms with E-state index in [4.69, 9.17) is 0 Å². The molecule has 0 nitrogen and oxygen atoms in total. The lowest BCUT2D eigenvalue weighted by Crippen LogP contribution is -2.20. The normalized spacial score (nSPS) is 47.2. The molecule has 2 atom stereocenters. The zero-order valence-corrected chi connectivity index (χ0v) is 8.13. The Morgan fingerprint density at radius 3 is 2.33 bits per heavy atom. The summed E-state index contributed by atoms with van der Waals surface area (Å²) in [4.78, 5) is 0. The van der Waals surface area contributed by atoms with Gasteiger partial charge in [0.25, 0.3) is 0 Å². The van der Waals surface area contributed by atoms with Crippen LogP contribution in [0.2, 0.25) is 0 Å². The molecule has 0 N–H and O–H groups in total. The summed E-state index contributed by atoms with van der Waals surface area (Å²) >= 11 is 0. The second-order valence-corrected chi connectivity index (χ2v) is 5.41. The first-order valence-electron chi connectivity index (χ1n) is 5.88. The monoisotopic (exact) mass is 164 g/mol. The molecule has 0 spiro atoms. The second kappa shape index (κ2) is 2.49. The lowest BCUT2D eigenvalue weighted by Gasteiger charge is -2.29. The fourth-order valence-electron chi connectivity index (χ4n) is 3.94. The van der Waals surface area contributed by atoms with Crippen LogP contribution in [0, 0.1) is 29.6 Å². The Hall–Kier alpha value is 0. The van der Waals surface area contributed by atoms with Gasteiger partial charge in [-0.2, -0.15) is 0 Å². The van der Waals surface area contributed by atoms with Crippen molar-refractivity contribution >= 4 is 0 Å². The molecular weight excluding hydrogens is 144 g/mol. The van der Waals surface area contributed by atoms with Gasteiger partial charge < -0.3 is 0 Å². The maximum Gasteiger partial charge on any atom is -0.0352 e. The van der Waals surface area contributed by atoms with Gasteiger partial charge in [-0.25, -0.2) is 0 Å². The van der Waals surface area contributed by atoms with Crippen molar-refractivity contribution in [1.29, 1.82) is 0 Å². The van der Waals surface area contributed by atoms with Crippen LogP contribution < -0.4 is 0 Å². The van der Waals surface area contributed by atoms with Crippen LogP contribution in [-0.4, -0.2) is 0 Å². The number of hydrogen-bond acceptors (Lipinski definition) is 0. The van der Waals surface area contributed by atoms with Crippen LogP contribution >= 0.6 is 0 Å². The van der Waals surface area contributed by atoms with Crippen molar-refractivity contribution in [2.75, 3.05) is 0 Å². The summed E-state index contributed by atoms with van der Waals surface area (Å²) in [6, 6.07) is 0. The third-order valence-corrected chi connectivity index (χ3v) is 4.73. The van der Waals surface area contributed by atoms with Crippen molar-refractivity contribution < 1.29 is 0 Å². The lowest BCUT2D eigenvalue weighted by molar-refractivity contribution is 0.208. The van der Waals surface area contributed by atoms with E-state index < -0.39 is 0 Å². The minimum absolute atomic E-state index is 1.14. The average molecular weight is 164 g/mol. The molecule has 68 valence electrons. The van der Waals surface area contributed by atoms with Gasteiger partial charge in [0.1, 0.15) is 0 Å². The van der Waals surface area contributed by atoms with Gasteiger partial charge in [-0.05, 0) is 61.7 Å². The maximum atomic E-state index is 2.42. The number of rotatable bonds is 3. The average Bonchev–Trinajstić information content (AvgIpc) is 2.60. The van der Waals surface area contributed by atoms with E-state index in [0.29, 0.717) is 0 Å². The van der Waals surface area contributed by atoms with E-state index in [9.17, 15) is 0 Å².